The highest BCUT2D eigenvalue weighted by molar-refractivity contribution is 9.10. The maximum absolute atomic E-state index is 12.9. The third kappa shape index (κ3) is 4.42. The smallest absolute Gasteiger partial charge is 0.262 e. The number of amides is 1. The van der Waals surface area contributed by atoms with Crippen molar-refractivity contribution >= 4 is 50.2 Å². The maximum Gasteiger partial charge on any atom is 0.262 e. The molecule has 5 nitrogen and oxygen atoms in total. The third-order valence-corrected chi connectivity index (χ3v) is 5.93. The molecule has 0 saturated heterocycles. The fourth-order valence-corrected chi connectivity index (χ4v) is 3.96. The van der Waals surface area contributed by atoms with Crippen molar-refractivity contribution in [3.8, 4) is 0 Å². The zero-order valence-corrected chi connectivity index (χ0v) is 17.5. The molecule has 0 saturated carbocycles. The standard InChI is InChI=1S/C20H20BrN3O2S/c1-3-13(2)24-19(26)14-8-4-6-10-16(14)23-20(24)27-12-18(25)22-17-11-7-5-9-15(17)21/h4-11,13H,3,12H2,1-2H3,(H,22,25). The average Bonchev–Trinajstić information content (AvgIpc) is 2.68. The van der Waals surface area contributed by atoms with Gasteiger partial charge in [-0.2, -0.15) is 0 Å². The van der Waals surface area contributed by atoms with Crippen molar-refractivity contribution in [3.05, 3.63) is 63.4 Å². The van der Waals surface area contributed by atoms with E-state index in [-0.39, 0.29) is 23.3 Å². The van der Waals surface area contributed by atoms with E-state index in [4.69, 9.17) is 0 Å². The number of carbonyl (C=O) groups is 1. The van der Waals surface area contributed by atoms with Gasteiger partial charge >= 0.3 is 0 Å². The number of halogens is 1. The topological polar surface area (TPSA) is 64.0 Å². The molecule has 1 amide bonds. The molecule has 2 aromatic carbocycles. The van der Waals surface area contributed by atoms with E-state index in [0.29, 0.717) is 21.7 Å². The Morgan fingerprint density at radius 3 is 2.67 bits per heavy atom. The fraction of sp³-hybridized carbons (Fsp3) is 0.250. The predicted molar refractivity (Wildman–Crippen MR) is 115 cm³/mol. The third-order valence-electron chi connectivity index (χ3n) is 4.29. The van der Waals surface area contributed by atoms with Gasteiger partial charge in [-0.15, -0.1) is 0 Å². The molecule has 0 aliphatic carbocycles. The highest BCUT2D eigenvalue weighted by Crippen LogP contribution is 2.24. The summed E-state index contributed by atoms with van der Waals surface area (Å²) < 4.78 is 2.52. The summed E-state index contributed by atoms with van der Waals surface area (Å²) in [5.74, 6) is 0.0211. The Hall–Kier alpha value is -2.12. The van der Waals surface area contributed by atoms with E-state index in [2.05, 4.69) is 26.2 Å². The first-order valence-corrected chi connectivity index (χ1v) is 10.5. The van der Waals surface area contributed by atoms with Crippen LogP contribution in [0.15, 0.2) is 63.0 Å². The molecule has 140 valence electrons. The first-order valence-electron chi connectivity index (χ1n) is 8.69. The molecule has 0 radical (unpaired) electrons. The highest BCUT2D eigenvalue weighted by Gasteiger charge is 2.16. The molecule has 3 rings (SSSR count). The van der Waals surface area contributed by atoms with Crippen molar-refractivity contribution in [2.24, 2.45) is 0 Å². The number of thioether (sulfide) groups is 1. The second-order valence-corrected chi connectivity index (χ2v) is 7.96. The van der Waals surface area contributed by atoms with Gasteiger partial charge in [-0.05, 0) is 53.5 Å². The minimum Gasteiger partial charge on any atom is -0.324 e. The van der Waals surface area contributed by atoms with Crippen LogP contribution in [0.1, 0.15) is 26.3 Å². The summed E-state index contributed by atoms with van der Waals surface area (Å²) in [5, 5.41) is 4.04. The summed E-state index contributed by atoms with van der Waals surface area (Å²) in [6, 6.07) is 14.8. The van der Waals surface area contributed by atoms with E-state index in [1.807, 2.05) is 56.3 Å². The number of para-hydroxylation sites is 2. The van der Waals surface area contributed by atoms with Crippen LogP contribution >= 0.6 is 27.7 Å². The van der Waals surface area contributed by atoms with Crippen LogP contribution in [-0.2, 0) is 4.79 Å². The molecule has 1 unspecified atom stereocenters. The number of nitrogens with one attached hydrogen (secondary N) is 1. The molecule has 0 spiro atoms. The zero-order chi connectivity index (χ0) is 19.4. The number of aromatic nitrogens is 2. The Morgan fingerprint density at radius 1 is 1.22 bits per heavy atom. The van der Waals surface area contributed by atoms with Crippen LogP contribution in [0.4, 0.5) is 5.69 Å². The second-order valence-electron chi connectivity index (χ2n) is 6.16. The number of hydrogen-bond donors (Lipinski definition) is 1. The monoisotopic (exact) mass is 445 g/mol. The molecule has 27 heavy (non-hydrogen) atoms. The normalized spacial score (nSPS) is 12.1. The van der Waals surface area contributed by atoms with Crippen molar-refractivity contribution in [1.82, 2.24) is 9.55 Å². The van der Waals surface area contributed by atoms with Gasteiger partial charge in [-0.3, -0.25) is 14.2 Å². The summed E-state index contributed by atoms with van der Waals surface area (Å²) in [7, 11) is 0. The van der Waals surface area contributed by atoms with Gasteiger partial charge < -0.3 is 5.32 Å². The minimum absolute atomic E-state index is 0.00318. The summed E-state index contributed by atoms with van der Waals surface area (Å²) in [5.41, 5.74) is 1.30. The molecule has 1 N–H and O–H groups in total. The number of carbonyl (C=O) groups excluding carboxylic acids is 1. The van der Waals surface area contributed by atoms with Crippen LogP contribution < -0.4 is 10.9 Å². The number of hydrogen-bond acceptors (Lipinski definition) is 4. The Morgan fingerprint density at radius 2 is 1.93 bits per heavy atom. The average molecular weight is 446 g/mol. The van der Waals surface area contributed by atoms with Crippen LogP contribution in [-0.4, -0.2) is 21.2 Å². The van der Waals surface area contributed by atoms with Crippen LogP contribution in [0, 0.1) is 0 Å². The quantitative estimate of drug-likeness (QED) is 0.434. The first kappa shape index (κ1) is 19.6. The first-order chi connectivity index (χ1) is 13.0. The number of fused-ring (bicyclic) bond motifs is 1. The maximum atomic E-state index is 12.9. The Bertz CT molecular complexity index is 1040. The van der Waals surface area contributed by atoms with Crippen molar-refractivity contribution < 1.29 is 4.79 Å². The summed E-state index contributed by atoms with van der Waals surface area (Å²) >= 11 is 4.70. The number of rotatable bonds is 6. The van der Waals surface area contributed by atoms with E-state index in [0.717, 1.165) is 10.9 Å². The van der Waals surface area contributed by atoms with Gasteiger partial charge in [0.05, 0.1) is 22.3 Å². The van der Waals surface area contributed by atoms with E-state index in [9.17, 15) is 9.59 Å². The molecule has 0 bridgehead atoms. The van der Waals surface area contributed by atoms with Gasteiger partial charge in [0.1, 0.15) is 0 Å². The van der Waals surface area contributed by atoms with Crippen LogP contribution in [0.2, 0.25) is 0 Å². The number of nitrogens with zero attached hydrogens (tertiary/aromatic N) is 2. The van der Waals surface area contributed by atoms with Crippen LogP contribution in [0.25, 0.3) is 10.9 Å². The molecule has 1 atom stereocenters. The summed E-state index contributed by atoms with van der Waals surface area (Å²) in [6.07, 6.45) is 0.802. The van der Waals surface area contributed by atoms with Gasteiger partial charge in [-0.1, -0.05) is 43.0 Å². The van der Waals surface area contributed by atoms with Crippen molar-refractivity contribution in [3.63, 3.8) is 0 Å². The predicted octanol–water partition coefficient (Wildman–Crippen LogP) is 4.86. The van der Waals surface area contributed by atoms with Gasteiger partial charge in [0.15, 0.2) is 5.16 Å². The lowest BCUT2D eigenvalue weighted by molar-refractivity contribution is -0.113. The number of benzene rings is 2. The van der Waals surface area contributed by atoms with E-state index < -0.39 is 0 Å². The zero-order valence-electron chi connectivity index (χ0n) is 15.1. The molecule has 7 heteroatoms. The van der Waals surface area contributed by atoms with Gasteiger partial charge in [0, 0.05) is 10.5 Å². The largest absolute Gasteiger partial charge is 0.324 e. The molecule has 0 fully saturated rings. The molecule has 0 aliphatic heterocycles. The lowest BCUT2D eigenvalue weighted by Crippen LogP contribution is -2.26. The Kier molecular flexibility index (Phi) is 6.34. The van der Waals surface area contributed by atoms with Crippen LogP contribution in [0.5, 0.6) is 0 Å². The van der Waals surface area contributed by atoms with Crippen molar-refractivity contribution in [2.75, 3.05) is 11.1 Å². The van der Waals surface area contributed by atoms with Crippen molar-refractivity contribution in [2.45, 2.75) is 31.5 Å². The second kappa shape index (κ2) is 8.71. The summed E-state index contributed by atoms with van der Waals surface area (Å²) in [6.45, 7) is 4.02. The molecular weight excluding hydrogens is 426 g/mol. The van der Waals surface area contributed by atoms with E-state index >= 15 is 0 Å². The van der Waals surface area contributed by atoms with E-state index in [1.165, 1.54) is 11.8 Å². The fourth-order valence-electron chi connectivity index (χ4n) is 2.68. The highest BCUT2D eigenvalue weighted by atomic mass is 79.9. The minimum atomic E-state index is -0.148. The molecule has 1 heterocycles. The Balaban J connectivity index is 1.86. The lowest BCUT2D eigenvalue weighted by Gasteiger charge is -2.18. The number of anilines is 1. The molecular formula is C20H20BrN3O2S. The van der Waals surface area contributed by atoms with Gasteiger partial charge in [0.25, 0.3) is 5.56 Å². The van der Waals surface area contributed by atoms with Gasteiger partial charge in [-0.25, -0.2) is 4.98 Å². The van der Waals surface area contributed by atoms with Crippen molar-refractivity contribution in [1.29, 1.82) is 0 Å². The summed E-state index contributed by atoms with van der Waals surface area (Å²) in [4.78, 5) is 29.9. The molecule has 0 aliphatic rings. The SMILES string of the molecule is CCC(C)n1c(SCC(=O)Nc2ccccc2Br)nc2ccccc2c1=O. The molecule has 1 aromatic heterocycles. The van der Waals surface area contributed by atoms with E-state index in [1.54, 1.807) is 10.6 Å². The van der Waals surface area contributed by atoms with Gasteiger partial charge in [0.2, 0.25) is 5.91 Å². The van der Waals surface area contributed by atoms with Crippen LogP contribution in [0.3, 0.4) is 0 Å². The molecule has 3 aromatic rings. The lowest BCUT2D eigenvalue weighted by atomic mass is 10.2. The Labute approximate surface area is 170 Å².